The fraction of sp³-hybridized carbons (Fsp3) is 0.429. The zero-order valence-corrected chi connectivity index (χ0v) is 18.2. The first-order valence-electron chi connectivity index (χ1n) is 10.1. The maximum atomic E-state index is 13.1. The zero-order chi connectivity index (χ0) is 22.0. The molecule has 0 saturated carbocycles. The SMILES string of the molecule is CCOC(=O)Nc1nc2c(s1)CN(C(=O)C1CC(=O)N(c3cccc(OC)c3)C1)CC2. The van der Waals surface area contributed by atoms with E-state index in [4.69, 9.17) is 9.47 Å². The van der Waals surface area contributed by atoms with E-state index in [9.17, 15) is 14.4 Å². The Bertz CT molecular complexity index is 1010. The minimum Gasteiger partial charge on any atom is -0.497 e. The Morgan fingerprint density at radius 3 is 2.97 bits per heavy atom. The normalized spacial score (nSPS) is 18.0. The lowest BCUT2D eigenvalue weighted by Gasteiger charge is -2.28. The van der Waals surface area contributed by atoms with Crippen molar-refractivity contribution < 1.29 is 23.9 Å². The predicted molar refractivity (Wildman–Crippen MR) is 115 cm³/mol. The van der Waals surface area contributed by atoms with Crippen molar-refractivity contribution in [3.8, 4) is 5.75 Å². The van der Waals surface area contributed by atoms with Gasteiger partial charge in [0.2, 0.25) is 11.8 Å². The first-order valence-corrected chi connectivity index (χ1v) is 11.0. The molecule has 31 heavy (non-hydrogen) atoms. The summed E-state index contributed by atoms with van der Waals surface area (Å²) >= 11 is 1.35. The van der Waals surface area contributed by atoms with Gasteiger partial charge in [-0.2, -0.15) is 0 Å². The molecule has 1 atom stereocenters. The third kappa shape index (κ3) is 4.48. The summed E-state index contributed by atoms with van der Waals surface area (Å²) in [5.74, 6) is 0.187. The summed E-state index contributed by atoms with van der Waals surface area (Å²) in [6.45, 7) is 3.34. The molecule has 0 spiro atoms. The highest BCUT2D eigenvalue weighted by Crippen LogP contribution is 2.32. The van der Waals surface area contributed by atoms with Gasteiger partial charge >= 0.3 is 6.09 Å². The third-order valence-electron chi connectivity index (χ3n) is 5.37. The Labute approximate surface area is 183 Å². The van der Waals surface area contributed by atoms with Crippen LogP contribution in [0.3, 0.4) is 0 Å². The van der Waals surface area contributed by atoms with Gasteiger partial charge in [0.15, 0.2) is 5.13 Å². The molecular formula is C21H24N4O5S. The number of anilines is 2. The van der Waals surface area contributed by atoms with E-state index in [0.717, 1.165) is 16.3 Å². The lowest BCUT2D eigenvalue weighted by Crippen LogP contribution is -2.40. The maximum Gasteiger partial charge on any atom is 0.413 e. The topological polar surface area (TPSA) is 101 Å². The predicted octanol–water partition coefficient (Wildman–Crippen LogP) is 2.66. The van der Waals surface area contributed by atoms with E-state index in [-0.39, 0.29) is 30.8 Å². The van der Waals surface area contributed by atoms with Crippen molar-refractivity contribution in [3.05, 3.63) is 34.8 Å². The number of ether oxygens (including phenoxy) is 2. The smallest absolute Gasteiger partial charge is 0.413 e. The summed E-state index contributed by atoms with van der Waals surface area (Å²) in [5, 5.41) is 3.09. The zero-order valence-electron chi connectivity index (χ0n) is 17.4. The molecule has 1 fully saturated rings. The molecule has 1 unspecified atom stereocenters. The van der Waals surface area contributed by atoms with Crippen LogP contribution in [0.4, 0.5) is 15.6 Å². The number of fused-ring (bicyclic) bond motifs is 1. The van der Waals surface area contributed by atoms with E-state index in [1.54, 1.807) is 29.9 Å². The molecule has 1 N–H and O–H groups in total. The van der Waals surface area contributed by atoms with Crippen LogP contribution in [0.2, 0.25) is 0 Å². The van der Waals surface area contributed by atoms with Gasteiger partial charge in [0.25, 0.3) is 0 Å². The second-order valence-electron chi connectivity index (χ2n) is 7.35. The van der Waals surface area contributed by atoms with Crippen molar-refractivity contribution in [1.82, 2.24) is 9.88 Å². The van der Waals surface area contributed by atoms with Gasteiger partial charge < -0.3 is 19.3 Å². The number of carbonyl (C=O) groups excluding carboxylic acids is 3. The molecule has 1 saturated heterocycles. The van der Waals surface area contributed by atoms with E-state index in [2.05, 4.69) is 10.3 Å². The van der Waals surface area contributed by atoms with Crippen LogP contribution in [0.1, 0.15) is 23.9 Å². The summed E-state index contributed by atoms with van der Waals surface area (Å²) in [5.41, 5.74) is 1.62. The number of amides is 3. The lowest BCUT2D eigenvalue weighted by molar-refractivity contribution is -0.136. The highest BCUT2D eigenvalue weighted by Gasteiger charge is 2.38. The molecule has 4 rings (SSSR count). The fourth-order valence-corrected chi connectivity index (χ4v) is 4.86. The van der Waals surface area contributed by atoms with Gasteiger partial charge in [-0.05, 0) is 19.1 Å². The molecule has 10 heteroatoms. The van der Waals surface area contributed by atoms with Crippen molar-refractivity contribution in [3.63, 3.8) is 0 Å². The molecular weight excluding hydrogens is 420 g/mol. The number of hydrogen-bond acceptors (Lipinski definition) is 7. The van der Waals surface area contributed by atoms with Gasteiger partial charge in [-0.15, -0.1) is 0 Å². The molecule has 1 aromatic heterocycles. The van der Waals surface area contributed by atoms with E-state index in [1.165, 1.54) is 11.3 Å². The molecule has 2 aliphatic heterocycles. The first kappa shape index (κ1) is 21.1. The molecule has 164 valence electrons. The van der Waals surface area contributed by atoms with Crippen molar-refractivity contribution >= 4 is 40.1 Å². The van der Waals surface area contributed by atoms with Crippen LogP contribution in [-0.4, -0.2) is 54.6 Å². The van der Waals surface area contributed by atoms with E-state index < -0.39 is 6.09 Å². The molecule has 2 aromatic rings. The highest BCUT2D eigenvalue weighted by molar-refractivity contribution is 7.15. The Morgan fingerprint density at radius 2 is 2.19 bits per heavy atom. The molecule has 1 aromatic carbocycles. The number of aromatic nitrogens is 1. The number of nitrogens with one attached hydrogen (secondary N) is 1. The molecule has 0 radical (unpaired) electrons. The summed E-state index contributed by atoms with van der Waals surface area (Å²) in [6.07, 6.45) is 0.267. The van der Waals surface area contributed by atoms with Crippen LogP contribution < -0.4 is 15.0 Å². The van der Waals surface area contributed by atoms with Crippen LogP contribution in [0.25, 0.3) is 0 Å². The fourth-order valence-electron chi connectivity index (χ4n) is 3.85. The van der Waals surface area contributed by atoms with Gasteiger partial charge in [-0.3, -0.25) is 14.9 Å². The van der Waals surface area contributed by atoms with Crippen LogP contribution in [0.15, 0.2) is 24.3 Å². The van der Waals surface area contributed by atoms with Crippen LogP contribution in [-0.2, 0) is 27.3 Å². The quantitative estimate of drug-likeness (QED) is 0.761. The Hall–Kier alpha value is -3.14. The summed E-state index contributed by atoms with van der Waals surface area (Å²) in [7, 11) is 1.58. The Morgan fingerprint density at radius 1 is 1.35 bits per heavy atom. The number of hydrogen-bond donors (Lipinski definition) is 1. The summed E-state index contributed by atoms with van der Waals surface area (Å²) in [4.78, 5) is 46.2. The van der Waals surface area contributed by atoms with E-state index >= 15 is 0 Å². The van der Waals surface area contributed by atoms with Gasteiger partial charge in [0.05, 0.1) is 31.9 Å². The number of nitrogens with zero attached hydrogens (tertiary/aromatic N) is 3. The van der Waals surface area contributed by atoms with Crippen molar-refractivity contribution in [1.29, 1.82) is 0 Å². The van der Waals surface area contributed by atoms with Crippen molar-refractivity contribution in [2.75, 3.05) is 37.0 Å². The Kier molecular flexibility index (Phi) is 6.08. The van der Waals surface area contributed by atoms with E-state index in [1.807, 2.05) is 18.2 Å². The van der Waals surface area contributed by atoms with Crippen molar-refractivity contribution in [2.45, 2.75) is 26.3 Å². The number of rotatable bonds is 5. The summed E-state index contributed by atoms with van der Waals surface area (Å²) < 4.78 is 10.1. The minimum atomic E-state index is -0.538. The van der Waals surface area contributed by atoms with Gasteiger partial charge in [-0.25, -0.2) is 9.78 Å². The number of carbonyl (C=O) groups is 3. The average molecular weight is 445 g/mol. The summed E-state index contributed by atoms with van der Waals surface area (Å²) in [6, 6.07) is 7.29. The molecule has 2 aliphatic rings. The molecule has 3 amide bonds. The average Bonchev–Trinajstić information content (AvgIpc) is 3.35. The van der Waals surface area contributed by atoms with Crippen LogP contribution in [0.5, 0.6) is 5.75 Å². The monoisotopic (exact) mass is 444 g/mol. The molecule has 3 heterocycles. The van der Waals surface area contributed by atoms with Crippen LogP contribution in [0, 0.1) is 5.92 Å². The highest BCUT2D eigenvalue weighted by atomic mass is 32.1. The largest absolute Gasteiger partial charge is 0.497 e. The second-order valence-corrected chi connectivity index (χ2v) is 8.43. The minimum absolute atomic E-state index is 0.0299. The van der Waals surface area contributed by atoms with E-state index in [0.29, 0.717) is 36.9 Å². The number of methoxy groups -OCH3 is 1. The first-order chi connectivity index (χ1) is 15.0. The molecule has 9 nitrogen and oxygen atoms in total. The number of thiazole rings is 1. The van der Waals surface area contributed by atoms with Gasteiger partial charge in [0.1, 0.15) is 5.75 Å². The number of benzene rings is 1. The molecule has 0 aliphatic carbocycles. The lowest BCUT2D eigenvalue weighted by atomic mass is 10.1. The second kappa shape index (κ2) is 8.93. The maximum absolute atomic E-state index is 13.1. The van der Waals surface area contributed by atoms with Gasteiger partial charge in [0, 0.05) is 42.6 Å². The van der Waals surface area contributed by atoms with Crippen LogP contribution >= 0.6 is 11.3 Å². The third-order valence-corrected chi connectivity index (χ3v) is 6.36. The molecule has 0 bridgehead atoms. The van der Waals surface area contributed by atoms with Crippen molar-refractivity contribution in [2.24, 2.45) is 5.92 Å². The Balaban J connectivity index is 1.41. The van der Waals surface area contributed by atoms with Gasteiger partial charge in [-0.1, -0.05) is 17.4 Å². The standard InChI is InChI=1S/C21H24N4O5S/c1-3-30-21(28)23-20-22-16-7-8-24(12-17(16)31-20)19(27)13-9-18(26)25(11-13)14-5-4-6-15(10-14)29-2/h4-6,10,13H,3,7-9,11-12H2,1-2H3,(H,22,23,28).